The van der Waals surface area contributed by atoms with Crippen LogP contribution in [0.25, 0.3) is 34.7 Å². The number of nitrogens with one attached hydrogen (secondary N) is 2. The van der Waals surface area contributed by atoms with Crippen LogP contribution in [0, 0.1) is 0 Å². The lowest BCUT2D eigenvalue weighted by atomic mass is 9.64. The molecule has 2 aromatic carbocycles. The van der Waals surface area contributed by atoms with Crippen LogP contribution in [0.5, 0.6) is 0 Å². The van der Waals surface area contributed by atoms with Crippen LogP contribution in [0.3, 0.4) is 0 Å². The molecule has 0 saturated carbocycles. The van der Waals surface area contributed by atoms with Gasteiger partial charge in [-0.25, -0.2) is 19.9 Å². The maximum absolute atomic E-state index is 4.93. The number of aromatic nitrogens is 8. The number of hydrogen-bond donors (Lipinski definition) is 2. The lowest BCUT2D eigenvalue weighted by molar-refractivity contribution is 0.290. The zero-order valence-electron chi connectivity index (χ0n) is 31.9. The van der Waals surface area contributed by atoms with Crippen LogP contribution in [0.1, 0.15) is 140 Å². The van der Waals surface area contributed by atoms with Gasteiger partial charge in [-0.05, 0) is 45.9 Å². The molecule has 0 bridgehead atoms. The molecule has 50 heavy (non-hydrogen) atoms. The number of rotatable bonds is 11. The van der Waals surface area contributed by atoms with E-state index < -0.39 is 0 Å². The minimum atomic E-state index is -0.358. The normalized spacial score (nSPS) is 12.7. The first-order chi connectivity index (χ1) is 23.6. The first kappa shape index (κ1) is 35.1. The standard InChI is InChI=1S/C42H54N8/c1-25(2)29-15-13-16-30(26(3)4)35(29)49-21-19-43-39(49)37-45-23-33(47-37)41(9,10)42(11,12)34-24-46-38(48-34)40-44-20-22-50(40)36-31(27(5)6)17-14-18-32(36)28(7)8/h13-28H,1-12H3,(H,45,47)(H,46,48). The molecule has 6 rings (SSSR count). The summed E-state index contributed by atoms with van der Waals surface area (Å²) in [5.41, 5.74) is 8.92. The highest BCUT2D eigenvalue weighted by molar-refractivity contribution is 5.60. The molecule has 4 heterocycles. The quantitative estimate of drug-likeness (QED) is 0.143. The van der Waals surface area contributed by atoms with Gasteiger partial charge in [0.25, 0.3) is 0 Å². The summed E-state index contributed by atoms with van der Waals surface area (Å²) >= 11 is 0. The predicted octanol–water partition coefficient (Wildman–Crippen LogP) is 10.6. The lowest BCUT2D eigenvalue weighted by Crippen LogP contribution is -2.41. The van der Waals surface area contributed by atoms with Crippen LogP contribution in [0.4, 0.5) is 0 Å². The van der Waals surface area contributed by atoms with Crippen LogP contribution in [-0.4, -0.2) is 39.0 Å². The van der Waals surface area contributed by atoms with Crippen molar-refractivity contribution >= 4 is 0 Å². The number of imidazole rings is 4. The summed E-state index contributed by atoms with van der Waals surface area (Å²) in [6.45, 7) is 27.0. The predicted molar refractivity (Wildman–Crippen MR) is 205 cm³/mol. The van der Waals surface area contributed by atoms with E-state index in [2.05, 4.69) is 151 Å². The number of H-pyrrole nitrogens is 2. The minimum absolute atomic E-state index is 0.358. The molecule has 0 aliphatic heterocycles. The van der Waals surface area contributed by atoms with Crippen LogP contribution in [0.15, 0.2) is 73.6 Å². The molecule has 0 aliphatic carbocycles. The number of benzene rings is 2. The van der Waals surface area contributed by atoms with Crippen molar-refractivity contribution in [3.8, 4) is 34.7 Å². The third kappa shape index (κ3) is 5.92. The van der Waals surface area contributed by atoms with Crippen molar-refractivity contribution < 1.29 is 0 Å². The second-order valence-electron chi connectivity index (χ2n) is 16.0. The average molecular weight is 671 g/mol. The van der Waals surface area contributed by atoms with E-state index in [0.29, 0.717) is 23.7 Å². The summed E-state index contributed by atoms with van der Waals surface area (Å²) in [6, 6.07) is 13.3. The molecular weight excluding hydrogens is 617 g/mol. The zero-order valence-corrected chi connectivity index (χ0v) is 31.9. The summed E-state index contributed by atoms with van der Waals surface area (Å²) < 4.78 is 4.41. The molecular formula is C42H54N8. The maximum atomic E-state index is 4.93. The Morgan fingerprint density at radius 1 is 0.500 bits per heavy atom. The molecule has 0 saturated heterocycles. The molecule has 6 aromatic rings. The molecule has 0 fully saturated rings. The number of nitrogens with zero attached hydrogens (tertiary/aromatic N) is 6. The Kier molecular flexibility index (Phi) is 9.27. The summed E-state index contributed by atoms with van der Waals surface area (Å²) in [5, 5.41) is 0. The first-order valence-corrected chi connectivity index (χ1v) is 18.1. The molecule has 262 valence electrons. The topological polar surface area (TPSA) is 93.0 Å². The Labute approximate surface area is 297 Å². The summed E-state index contributed by atoms with van der Waals surface area (Å²) in [5.74, 6) is 4.57. The van der Waals surface area contributed by atoms with Crippen LogP contribution >= 0.6 is 0 Å². The fourth-order valence-corrected chi connectivity index (χ4v) is 7.08. The summed E-state index contributed by atoms with van der Waals surface area (Å²) in [4.78, 5) is 26.9. The number of hydrogen-bond acceptors (Lipinski definition) is 4. The van der Waals surface area contributed by atoms with Crippen molar-refractivity contribution in [3.05, 3.63) is 107 Å². The molecule has 0 amide bonds. The Balaban J connectivity index is 1.36. The largest absolute Gasteiger partial charge is 0.339 e. The zero-order chi connectivity index (χ0) is 36.1. The fourth-order valence-electron chi connectivity index (χ4n) is 7.08. The molecule has 0 unspecified atom stereocenters. The third-order valence-corrected chi connectivity index (χ3v) is 10.9. The van der Waals surface area contributed by atoms with E-state index >= 15 is 0 Å². The average Bonchev–Trinajstić information content (AvgIpc) is 3.89. The fraction of sp³-hybridized carbons (Fsp3) is 0.429. The van der Waals surface area contributed by atoms with Crippen LogP contribution < -0.4 is 0 Å². The van der Waals surface area contributed by atoms with Gasteiger partial charge in [-0.1, -0.05) is 119 Å². The monoisotopic (exact) mass is 670 g/mol. The molecule has 8 nitrogen and oxygen atoms in total. The molecule has 0 radical (unpaired) electrons. The highest BCUT2D eigenvalue weighted by atomic mass is 15.1. The molecule has 0 atom stereocenters. The summed E-state index contributed by atoms with van der Waals surface area (Å²) in [7, 11) is 0. The van der Waals surface area contributed by atoms with Gasteiger partial charge in [0.15, 0.2) is 23.3 Å². The highest BCUT2D eigenvalue weighted by Gasteiger charge is 2.43. The molecule has 2 N–H and O–H groups in total. The molecule has 0 spiro atoms. The van der Waals surface area contributed by atoms with Gasteiger partial charge < -0.3 is 9.97 Å². The van der Waals surface area contributed by atoms with Gasteiger partial charge in [0.1, 0.15) is 0 Å². The Hall–Kier alpha value is -4.72. The van der Waals surface area contributed by atoms with Gasteiger partial charge in [0, 0.05) is 59.4 Å². The van der Waals surface area contributed by atoms with Crippen molar-refractivity contribution in [2.24, 2.45) is 0 Å². The van der Waals surface area contributed by atoms with Crippen molar-refractivity contribution in [2.45, 2.75) is 118 Å². The van der Waals surface area contributed by atoms with Gasteiger partial charge in [0.05, 0.1) is 11.4 Å². The maximum Gasteiger partial charge on any atom is 0.180 e. The van der Waals surface area contributed by atoms with E-state index in [-0.39, 0.29) is 10.8 Å². The van der Waals surface area contributed by atoms with Gasteiger partial charge in [-0.2, -0.15) is 0 Å². The van der Waals surface area contributed by atoms with E-state index in [1.807, 2.05) is 24.8 Å². The number of para-hydroxylation sites is 2. The third-order valence-electron chi connectivity index (χ3n) is 10.9. The molecule has 4 aromatic heterocycles. The van der Waals surface area contributed by atoms with E-state index in [9.17, 15) is 0 Å². The van der Waals surface area contributed by atoms with E-state index in [4.69, 9.17) is 19.9 Å². The Morgan fingerprint density at radius 3 is 1.12 bits per heavy atom. The van der Waals surface area contributed by atoms with Crippen molar-refractivity contribution in [1.29, 1.82) is 0 Å². The van der Waals surface area contributed by atoms with Gasteiger partial charge >= 0.3 is 0 Å². The van der Waals surface area contributed by atoms with Gasteiger partial charge in [-0.15, -0.1) is 0 Å². The first-order valence-electron chi connectivity index (χ1n) is 18.1. The number of aromatic amines is 2. The minimum Gasteiger partial charge on any atom is -0.339 e. The molecule has 0 aliphatic rings. The molecule has 8 heteroatoms. The van der Waals surface area contributed by atoms with E-state index in [0.717, 1.165) is 34.7 Å². The van der Waals surface area contributed by atoms with Gasteiger partial charge in [-0.3, -0.25) is 9.13 Å². The highest BCUT2D eigenvalue weighted by Crippen LogP contribution is 2.44. The van der Waals surface area contributed by atoms with Crippen molar-refractivity contribution in [2.75, 3.05) is 0 Å². The van der Waals surface area contributed by atoms with Crippen LogP contribution in [-0.2, 0) is 10.8 Å². The van der Waals surface area contributed by atoms with E-state index in [1.165, 1.54) is 33.6 Å². The second kappa shape index (κ2) is 13.2. The smallest absolute Gasteiger partial charge is 0.180 e. The lowest BCUT2D eigenvalue weighted by Gasteiger charge is -2.40. The SMILES string of the molecule is CC(C)c1cccc(C(C)C)c1-n1ccnc1-c1ncc(C(C)(C)C(C)(C)c2cnc(-c3nccn3-c3c(C(C)C)cccc3C(C)C)[nH]2)[nH]1. The second-order valence-corrected chi connectivity index (χ2v) is 16.0. The van der Waals surface area contributed by atoms with Crippen LogP contribution in [0.2, 0.25) is 0 Å². The Morgan fingerprint density at radius 2 is 0.820 bits per heavy atom. The van der Waals surface area contributed by atoms with E-state index in [1.54, 1.807) is 0 Å². The van der Waals surface area contributed by atoms with Crippen molar-refractivity contribution in [1.82, 2.24) is 39.0 Å². The Bertz CT molecular complexity index is 1890. The summed E-state index contributed by atoms with van der Waals surface area (Å²) in [6.07, 6.45) is 11.8. The van der Waals surface area contributed by atoms with Crippen molar-refractivity contribution in [3.63, 3.8) is 0 Å². The van der Waals surface area contributed by atoms with Gasteiger partial charge in [0.2, 0.25) is 0 Å².